The molecule has 2 N–H and O–H groups in total. The molecule has 1 amide bonds. The number of carbonyl (C=O) groups is 1. The number of anilines is 2. The molecule has 0 heterocycles. The van der Waals surface area contributed by atoms with Crippen LogP contribution >= 0.6 is 0 Å². The predicted octanol–water partition coefficient (Wildman–Crippen LogP) is 3.17. The number of nitrogens with one attached hydrogen (secondary N) is 2. The first kappa shape index (κ1) is 18.7. The van der Waals surface area contributed by atoms with E-state index in [1.807, 2.05) is 6.07 Å². The lowest BCUT2D eigenvalue weighted by atomic mass is 10.2. The van der Waals surface area contributed by atoms with Crippen LogP contribution in [0.2, 0.25) is 0 Å². The first-order valence-electron chi connectivity index (χ1n) is 7.65. The molecule has 0 atom stereocenters. The summed E-state index contributed by atoms with van der Waals surface area (Å²) in [6.45, 7) is 0. The normalized spacial score (nSPS) is 10.5. The topological polar surface area (TPSA) is 92.6 Å². The summed E-state index contributed by atoms with van der Waals surface area (Å²) in [5.41, 5.74) is 1.03. The third kappa shape index (κ3) is 4.68. The number of ether oxygens (including phenoxy) is 3. The Morgan fingerprint density at radius 3 is 2.23 bits per heavy atom. The molecule has 0 unspecified atom stereocenters. The van der Waals surface area contributed by atoms with E-state index in [1.54, 1.807) is 56.7 Å². The highest BCUT2D eigenvalue weighted by Crippen LogP contribution is 2.29. The largest absolute Gasteiger partial charge is 0.497 e. The molecule has 0 fully saturated rings. The summed E-state index contributed by atoms with van der Waals surface area (Å²) in [4.78, 5) is 12.3. The molecule has 26 heavy (non-hydrogen) atoms. The smallest absolute Gasteiger partial charge is 0.267 e. The van der Waals surface area contributed by atoms with E-state index >= 15 is 0 Å². The standard InChI is InChI=1S/C19H19N3O4/c1-24-15-6-4-14(5-7-15)22-19(23)13(11-20)12-21-17-10-16(25-2)8-9-18(17)26-3/h4-10,12,21H,1-3H3,(H,22,23)/b13-12-. The van der Waals surface area contributed by atoms with Gasteiger partial charge in [-0.2, -0.15) is 5.26 Å². The van der Waals surface area contributed by atoms with Crippen LogP contribution in [0.5, 0.6) is 17.2 Å². The summed E-state index contributed by atoms with van der Waals surface area (Å²) in [5.74, 6) is 1.30. The van der Waals surface area contributed by atoms with Crippen LogP contribution in [0.25, 0.3) is 0 Å². The quantitative estimate of drug-likeness (QED) is 0.587. The van der Waals surface area contributed by atoms with Crippen molar-refractivity contribution in [3.8, 4) is 23.3 Å². The van der Waals surface area contributed by atoms with Gasteiger partial charge in [0.05, 0.1) is 27.0 Å². The Balaban J connectivity index is 2.14. The predicted molar refractivity (Wildman–Crippen MR) is 98.5 cm³/mol. The maximum atomic E-state index is 12.3. The molecule has 0 aliphatic heterocycles. The molecule has 0 aliphatic rings. The summed E-state index contributed by atoms with van der Waals surface area (Å²) < 4.78 is 15.5. The molecule has 2 rings (SSSR count). The van der Waals surface area contributed by atoms with Crippen molar-refractivity contribution in [3.63, 3.8) is 0 Å². The Kier molecular flexibility index (Phi) is 6.46. The van der Waals surface area contributed by atoms with Gasteiger partial charge >= 0.3 is 0 Å². The van der Waals surface area contributed by atoms with Gasteiger partial charge in [0.2, 0.25) is 0 Å². The Bertz CT molecular complexity index is 839. The molecule has 0 spiro atoms. The van der Waals surface area contributed by atoms with E-state index in [4.69, 9.17) is 14.2 Å². The molecule has 2 aromatic carbocycles. The second-order valence-corrected chi connectivity index (χ2v) is 5.06. The van der Waals surface area contributed by atoms with E-state index in [2.05, 4.69) is 10.6 Å². The summed E-state index contributed by atoms with van der Waals surface area (Å²) in [6, 6.07) is 13.8. The van der Waals surface area contributed by atoms with Gasteiger partial charge < -0.3 is 24.8 Å². The fourth-order valence-electron chi connectivity index (χ4n) is 2.10. The second-order valence-electron chi connectivity index (χ2n) is 5.06. The Hall–Kier alpha value is -3.66. The molecule has 0 radical (unpaired) electrons. The highest BCUT2D eigenvalue weighted by atomic mass is 16.5. The van der Waals surface area contributed by atoms with Crippen LogP contribution in [-0.2, 0) is 4.79 Å². The van der Waals surface area contributed by atoms with Crippen molar-refractivity contribution in [1.82, 2.24) is 0 Å². The molecule has 0 aromatic heterocycles. The third-order valence-electron chi connectivity index (χ3n) is 3.49. The maximum absolute atomic E-state index is 12.3. The molecular formula is C19H19N3O4. The number of nitriles is 1. The van der Waals surface area contributed by atoms with Gasteiger partial charge in [-0.1, -0.05) is 0 Å². The Morgan fingerprint density at radius 1 is 1.00 bits per heavy atom. The third-order valence-corrected chi connectivity index (χ3v) is 3.49. The van der Waals surface area contributed by atoms with Crippen molar-refractivity contribution in [2.45, 2.75) is 0 Å². The molecule has 0 saturated heterocycles. The highest BCUT2D eigenvalue weighted by molar-refractivity contribution is 6.06. The average Bonchev–Trinajstić information content (AvgIpc) is 2.68. The maximum Gasteiger partial charge on any atom is 0.267 e. The van der Waals surface area contributed by atoms with Crippen molar-refractivity contribution in [2.75, 3.05) is 32.0 Å². The monoisotopic (exact) mass is 353 g/mol. The molecule has 0 aliphatic carbocycles. The van der Waals surface area contributed by atoms with Gasteiger partial charge in [-0.05, 0) is 36.4 Å². The van der Waals surface area contributed by atoms with Crippen LogP contribution < -0.4 is 24.8 Å². The van der Waals surface area contributed by atoms with E-state index in [-0.39, 0.29) is 5.57 Å². The van der Waals surface area contributed by atoms with E-state index in [0.717, 1.165) is 0 Å². The van der Waals surface area contributed by atoms with Crippen LogP contribution in [0.15, 0.2) is 54.2 Å². The number of rotatable bonds is 7. The minimum absolute atomic E-state index is 0.0920. The number of nitrogens with zero attached hydrogens (tertiary/aromatic N) is 1. The number of amides is 1. The average molecular weight is 353 g/mol. The van der Waals surface area contributed by atoms with E-state index in [9.17, 15) is 10.1 Å². The van der Waals surface area contributed by atoms with Gasteiger partial charge in [0.1, 0.15) is 28.9 Å². The number of hydrogen-bond acceptors (Lipinski definition) is 6. The van der Waals surface area contributed by atoms with Crippen LogP contribution in [0, 0.1) is 11.3 Å². The van der Waals surface area contributed by atoms with E-state index in [0.29, 0.717) is 28.6 Å². The first-order valence-corrected chi connectivity index (χ1v) is 7.65. The molecular weight excluding hydrogens is 334 g/mol. The van der Waals surface area contributed by atoms with Crippen LogP contribution in [0.3, 0.4) is 0 Å². The zero-order valence-corrected chi connectivity index (χ0v) is 14.7. The van der Waals surface area contributed by atoms with E-state index < -0.39 is 5.91 Å². The molecule has 134 valence electrons. The van der Waals surface area contributed by atoms with Crippen LogP contribution in [0.1, 0.15) is 0 Å². The number of hydrogen-bond donors (Lipinski definition) is 2. The minimum Gasteiger partial charge on any atom is -0.497 e. The van der Waals surface area contributed by atoms with Crippen molar-refractivity contribution >= 4 is 17.3 Å². The zero-order chi connectivity index (χ0) is 18.9. The summed E-state index contributed by atoms with van der Waals surface area (Å²) in [6.07, 6.45) is 1.32. The van der Waals surface area contributed by atoms with Gasteiger partial charge in [-0.3, -0.25) is 4.79 Å². The molecule has 0 saturated carbocycles. The van der Waals surface area contributed by atoms with E-state index in [1.165, 1.54) is 13.3 Å². The summed E-state index contributed by atoms with van der Waals surface area (Å²) >= 11 is 0. The SMILES string of the molecule is COc1ccc(NC(=O)/C(C#N)=C\Nc2cc(OC)ccc2OC)cc1. The van der Waals surface area contributed by atoms with Crippen molar-refractivity contribution in [3.05, 3.63) is 54.2 Å². The van der Waals surface area contributed by atoms with Gasteiger partial charge in [-0.15, -0.1) is 0 Å². The van der Waals surface area contributed by atoms with Crippen LogP contribution in [0.4, 0.5) is 11.4 Å². The lowest BCUT2D eigenvalue weighted by molar-refractivity contribution is -0.112. The van der Waals surface area contributed by atoms with Gasteiger partial charge in [0, 0.05) is 18.0 Å². The van der Waals surface area contributed by atoms with Gasteiger partial charge in [0.15, 0.2) is 0 Å². The molecule has 2 aromatic rings. The minimum atomic E-state index is -0.535. The fourth-order valence-corrected chi connectivity index (χ4v) is 2.10. The van der Waals surface area contributed by atoms with Crippen molar-refractivity contribution in [1.29, 1.82) is 5.26 Å². The van der Waals surface area contributed by atoms with Crippen molar-refractivity contribution < 1.29 is 19.0 Å². The number of benzene rings is 2. The molecule has 7 heteroatoms. The van der Waals surface area contributed by atoms with Gasteiger partial charge in [0.25, 0.3) is 5.91 Å². The lowest BCUT2D eigenvalue weighted by Gasteiger charge is -2.10. The Labute approximate surface area is 151 Å². The summed E-state index contributed by atoms with van der Waals surface area (Å²) in [7, 11) is 4.63. The molecule has 0 bridgehead atoms. The molecule has 7 nitrogen and oxygen atoms in total. The second kappa shape index (κ2) is 8.99. The number of carbonyl (C=O) groups excluding carboxylic acids is 1. The zero-order valence-electron chi connectivity index (χ0n) is 14.7. The first-order chi connectivity index (χ1) is 12.6. The fraction of sp³-hybridized carbons (Fsp3) is 0.158. The van der Waals surface area contributed by atoms with Gasteiger partial charge in [-0.25, -0.2) is 0 Å². The highest BCUT2D eigenvalue weighted by Gasteiger charge is 2.10. The number of methoxy groups -OCH3 is 3. The van der Waals surface area contributed by atoms with Crippen LogP contribution in [-0.4, -0.2) is 27.2 Å². The van der Waals surface area contributed by atoms with Crippen molar-refractivity contribution in [2.24, 2.45) is 0 Å². The summed E-state index contributed by atoms with van der Waals surface area (Å²) in [5, 5.41) is 14.8. The Morgan fingerprint density at radius 2 is 1.65 bits per heavy atom. The lowest BCUT2D eigenvalue weighted by Crippen LogP contribution is -2.14.